The van der Waals surface area contributed by atoms with Crippen molar-refractivity contribution in [1.29, 1.82) is 0 Å². The summed E-state index contributed by atoms with van der Waals surface area (Å²) in [6.07, 6.45) is 4.79. The van der Waals surface area contributed by atoms with E-state index in [4.69, 9.17) is 4.74 Å². The van der Waals surface area contributed by atoms with Gasteiger partial charge in [0.25, 0.3) is 0 Å². The van der Waals surface area contributed by atoms with Crippen molar-refractivity contribution >= 4 is 0 Å². The van der Waals surface area contributed by atoms with Gasteiger partial charge in [-0.3, -0.25) is 4.90 Å². The van der Waals surface area contributed by atoms with Crippen molar-refractivity contribution in [2.75, 3.05) is 13.2 Å². The van der Waals surface area contributed by atoms with Gasteiger partial charge in [-0.05, 0) is 42.7 Å². The van der Waals surface area contributed by atoms with Gasteiger partial charge in [-0.1, -0.05) is 31.2 Å². The first-order chi connectivity index (χ1) is 10.3. The van der Waals surface area contributed by atoms with E-state index < -0.39 is 0 Å². The molecule has 1 aromatic carbocycles. The Morgan fingerprint density at radius 1 is 1.14 bits per heavy atom. The minimum absolute atomic E-state index is 0.254. The number of fused-ring (bicyclic) bond motifs is 2. The van der Waals surface area contributed by atoms with Crippen LogP contribution < -0.4 is 0 Å². The molecule has 2 aliphatic carbocycles. The zero-order valence-corrected chi connectivity index (χ0v) is 12.7. The number of rotatable bonds is 1. The first-order valence-electron chi connectivity index (χ1n) is 8.40. The van der Waals surface area contributed by atoms with E-state index in [9.17, 15) is 5.11 Å². The minimum atomic E-state index is -0.350. The Labute approximate surface area is 126 Å². The van der Waals surface area contributed by atoms with Crippen molar-refractivity contribution in [3.63, 3.8) is 0 Å². The largest absolute Gasteiger partial charge is 0.387 e. The van der Waals surface area contributed by atoms with Crippen molar-refractivity contribution in [3.8, 4) is 0 Å². The number of nitrogens with zero attached hydrogens (tertiary/aromatic N) is 1. The van der Waals surface area contributed by atoms with Gasteiger partial charge in [0.2, 0.25) is 0 Å². The SMILES string of the molecule is CC1CC(N2CCOC3CCCC32)C(O)c2ccccc21. The molecular formula is C18H25NO2. The van der Waals surface area contributed by atoms with E-state index in [0.717, 1.165) is 25.1 Å². The molecule has 1 saturated heterocycles. The van der Waals surface area contributed by atoms with Crippen LogP contribution in [0.3, 0.4) is 0 Å². The van der Waals surface area contributed by atoms with Gasteiger partial charge < -0.3 is 9.84 Å². The van der Waals surface area contributed by atoms with Crippen LogP contribution in [-0.2, 0) is 4.74 Å². The van der Waals surface area contributed by atoms with Crippen LogP contribution in [-0.4, -0.2) is 41.3 Å². The van der Waals surface area contributed by atoms with Gasteiger partial charge in [0.15, 0.2) is 0 Å². The lowest BCUT2D eigenvalue weighted by Crippen LogP contribution is -2.55. The lowest BCUT2D eigenvalue weighted by Gasteiger charge is -2.47. The Kier molecular flexibility index (Phi) is 3.52. The molecule has 1 aliphatic heterocycles. The monoisotopic (exact) mass is 287 g/mol. The number of aliphatic hydroxyl groups is 1. The maximum absolute atomic E-state index is 10.9. The third-order valence-corrected chi connectivity index (χ3v) is 5.76. The fourth-order valence-electron chi connectivity index (χ4n) is 4.74. The standard InChI is InChI=1S/C18H25NO2/c1-12-11-16(18(20)14-6-3-2-5-13(12)14)19-9-10-21-17-8-4-7-15(17)19/h2-3,5-6,12,15-18,20H,4,7-11H2,1H3. The summed E-state index contributed by atoms with van der Waals surface area (Å²) < 4.78 is 5.93. The molecule has 1 N–H and O–H groups in total. The molecule has 5 unspecified atom stereocenters. The highest BCUT2D eigenvalue weighted by Gasteiger charge is 2.43. The van der Waals surface area contributed by atoms with E-state index in [0.29, 0.717) is 18.1 Å². The molecule has 0 aromatic heterocycles. The molecule has 5 atom stereocenters. The normalized spacial score (nSPS) is 39.8. The second-order valence-corrected chi connectivity index (χ2v) is 6.92. The fourth-order valence-corrected chi connectivity index (χ4v) is 4.74. The highest BCUT2D eigenvalue weighted by molar-refractivity contribution is 5.35. The molecule has 3 nitrogen and oxygen atoms in total. The lowest BCUT2D eigenvalue weighted by atomic mass is 9.78. The van der Waals surface area contributed by atoms with Gasteiger partial charge in [0.05, 0.1) is 18.8 Å². The van der Waals surface area contributed by atoms with Gasteiger partial charge in [0.1, 0.15) is 0 Å². The molecular weight excluding hydrogens is 262 g/mol. The average Bonchev–Trinajstić information content (AvgIpc) is 2.99. The summed E-state index contributed by atoms with van der Waals surface area (Å²) in [5.74, 6) is 0.525. The Hall–Kier alpha value is -0.900. The van der Waals surface area contributed by atoms with Crippen LogP contribution in [0.2, 0.25) is 0 Å². The average molecular weight is 287 g/mol. The summed E-state index contributed by atoms with van der Waals surface area (Å²) in [5.41, 5.74) is 2.47. The van der Waals surface area contributed by atoms with Crippen LogP contribution in [0.25, 0.3) is 0 Å². The molecule has 2 fully saturated rings. The summed E-state index contributed by atoms with van der Waals surface area (Å²) in [7, 11) is 0. The van der Waals surface area contributed by atoms with Crippen LogP contribution in [0.15, 0.2) is 24.3 Å². The van der Waals surface area contributed by atoms with Crippen LogP contribution in [0.1, 0.15) is 55.8 Å². The summed E-state index contributed by atoms with van der Waals surface area (Å²) in [6, 6.07) is 9.20. The molecule has 3 aliphatic rings. The molecule has 3 heteroatoms. The number of hydrogen-bond acceptors (Lipinski definition) is 3. The predicted molar refractivity (Wildman–Crippen MR) is 82.3 cm³/mol. The molecule has 0 bridgehead atoms. The van der Waals surface area contributed by atoms with Crippen molar-refractivity contribution in [3.05, 3.63) is 35.4 Å². The Bertz CT molecular complexity index is 518. The van der Waals surface area contributed by atoms with E-state index in [-0.39, 0.29) is 12.1 Å². The third-order valence-electron chi connectivity index (χ3n) is 5.76. The number of benzene rings is 1. The first kappa shape index (κ1) is 13.7. The Balaban J connectivity index is 1.64. The highest BCUT2D eigenvalue weighted by Crippen LogP contribution is 2.42. The smallest absolute Gasteiger partial charge is 0.0948 e. The summed E-state index contributed by atoms with van der Waals surface area (Å²) >= 11 is 0. The molecule has 1 heterocycles. The van der Waals surface area contributed by atoms with Gasteiger partial charge in [-0.25, -0.2) is 0 Å². The molecule has 114 valence electrons. The zero-order chi connectivity index (χ0) is 14.4. The molecule has 0 amide bonds. The fraction of sp³-hybridized carbons (Fsp3) is 0.667. The maximum Gasteiger partial charge on any atom is 0.0948 e. The van der Waals surface area contributed by atoms with Crippen molar-refractivity contribution in [1.82, 2.24) is 4.90 Å². The molecule has 0 spiro atoms. The van der Waals surface area contributed by atoms with Crippen LogP contribution in [0.5, 0.6) is 0 Å². The van der Waals surface area contributed by atoms with Crippen molar-refractivity contribution in [2.24, 2.45) is 0 Å². The molecule has 1 saturated carbocycles. The summed E-state index contributed by atoms with van der Waals surface area (Å²) in [4.78, 5) is 2.57. The zero-order valence-electron chi connectivity index (χ0n) is 12.7. The maximum atomic E-state index is 10.9. The van der Waals surface area contributed by atoms with E-state index in [1.165, 1.54) is 24.8 Å². The number of aliphatic hydroxyl groups excluding tert-OH is 1. The third kappa shape index (κ3) is 2.23. The summed E-state index contributed by atoms with van der Waals surface area (Å²) in [6.45, 7) is 4.09. The van der Waals surface area contributed by atoms with E-state index in [1.54, 1.807) is 0 Å². The molecule has 0 radical (unpaired) electrons. The number of hydrogen-bond donors (Lipinski definition) is 1. The molecule has 1 aromatic rings. The Morgan fingerprint density at radius 3 is 2.81 bits per heavy atom. The van der Waals surface area contributed by atoms with Gasteiger partial charge in [-0.2, -0.15) is 0 Å². The molecule has 4 rings (SSSR count). The number of morpholine rings is 1. The quantitative estimate of drug-likeness (QED) is 0.862. The van der Waals surface area contributed by atoms with E-state index in [1.807, 2.05) is 0 Å². The Morgan fingerprint density at radius 2 is 1.95 bits per heavy atom. The van der Waals surface area contributed by atoms with Crippen LogP contribution in [0.4, 0.5) is 0 Å². The second kappa shape index (κ2) is 5.38. The second-order valence-electron chi connectivity index (χ2n) is 6.92. The topological polar surface area (TPSA) is 32.7 Å². The van der Waals surface area contributed by atoms with Crippen LogP contribution >= 0.6 is 0 Å². The predicted octanol–water partition coefficient (Wildman–Crippen LogP) is 2.85. The lowest BCUT2D eigenvalue weighted by molar-refractivity contribution is -0.0972. The first-order valence-corrected chi connectivity index (χ1v) is 8.40. The van der Waals surface area contributed by atoms with Gasteiger partial charge in [-0.15, -0.1) is 0 Å². The minimum Gasteiger partial charge on any atom is -0.387 e. The van der Waals surface area contributed by atoms with Crippen LogP contribution in [0, 0.1) is 0 Å². The van der Waals surface area contributed by atoms with Crippen molar-refractivity contribution < 1.29 is 9.84 Å². The number of ether oxygens (including phenoxy) is 1. The van der Waals surface area contributed by atoms with Gasteiger partial charge in [0, 0.05) is 18.6 Å². The highest BCUT2D eigenvalue weighted by atomic mass is 16.5. The summed E-state index contributed by atoms with van der Waals surface area (Å²) in [5, 5.41) is 10.9. The molecule has 21 heavy (non-hydrogen) atoms. The van der Waals surface area contributed by atoms with Crippen molar-refractivity contribution in [2.45, 2.75) is 62.8 Å². The van der Waals surface area contributed by atoms with Gasteiger partial charge >= 0.3 is 0 Å². The van der Waals surface area contributed by atoms with E-state index >= 15 is 0 Å². The van der Waals surface area contributed by atoms with E-state index in [2.05, 4.69) is 36.1 Å².